The fraction of sp³-hybridized carbons (Fsp3) is 0. The summed E-state index contributed by atoms with van der Waals surface area (Å²) in [7, 11) is 0. The summed E-state index contributed by atoms with van der Waals surface area (Å²) in [6, 6.07) is 9.52. The standard InChI is InChI=1S/C14H11N3O5/c18-13-5-4-12(17(21)22)7-10(13)8-15-16-11-3-1-2-9(6-11)14(19)20/h1-8,16,18H,(H,19,20)/b15-8+. The van der Waals surface area contributed by atoms with Crippen LogP contribution in [0.15, 0.2) is 47.6 Å². The van der Waals surface area contributed by atoms with Gasteiger partial charge in [-0.25, -0.2) is 4.79 Å². The van der Waals surface area contributed by atoms with Crippen LogP contribution in [-0.4, -0.2) is 27.3 Å². The van der Waals surface area contributed by atoms with Gasteiger partial charge in [0.1, 0.15) is 5.75 Å². The molecule has 2 aromatic rings. The monoisotopic (exact) mass is 301 g/mol. The van der Waals surface area contributed by atoms with Crippen LogP contribution in [0.25, 0.3) is 0 Å². The van der Waals surface area contributed by atoms with Crippen LogP contribution in [0.1, 0.15) is 15.9 Å². The average Bonchev–Trinajstić information content (AvgIpc) is 2.49. The molecule has 0 fully saturated rings. The van der Waals surface area contributed by atoms with E-state index in [1.807, 2.05) is 0 Å². The molecule has 0 heterocycles. The van der Waals surface area contributed by atoms with Crippen LogP contribution in [-0.2, 0) is 0 Å². The predicted octanol–water partition coefficient (Wildman–Crippen LogP) is 2.44. The maximum Gasteiger partial charge on any atom is 0.335 e. The molecule has 0 atom stereocenters. The molecular weight excluding hydrogens is 290 g/mol. The lowest BCUT2D eigenvalue weighted by Crippen LogP contribution is -1.98. The molecular formula is C14H11N3O5. The van der Waals surface area contributed by atoms with Crippen LogP contribution in [0, 0.1) is 10.1 Å². The van der Waals surface area contributed by atoms with Crippen molar-refractivity contribution in [1.29, 1.82) is 0 Å². The number of non-ortho nitro benzene ring substituents is 1. The van der Waals surface area contributed by atoms with E-state index in [4.69, 9.17) is 5.11 Å². The van der Waals surface area contributed by atoms with E-state index in [1.54, 1.807) is 12.1 Å². The van der Waals surface area contributed by atoms with Crippen LogP contribution >= 0.6 is 0 Å². The number of aromatic hydroxyl groups is 1. The second-order valence-corrected chi connectivity index (χ2v) is 4.26. The van der Waals surface area contributed by atoms with Crippen molar-refractivity contribution in [2.75, 3.05) is 5.43 Å². The van der Waals surface area contributed by atoms with Gasteiger partial charge in [0.05, 0.1) is 22.4 Å². The highest BCUT2D eigenvalue weighted by atomic mass is 16.6. The van der Waals surface area contributed by atoms with Crippen molar-refractivity contribution >= 4 is 23.6 Å². The van der Waals surface area contributed by atoms with E-state index in [-0.39, 0.29) is 22.6 Å². The molecule has 0 aliphatic carbocycles. The molecule has 0 radical (unpaired) electrons. The van der Waals surface area contributed by atoms with Gasteiger partial charge < -0.3 is 10.2 Å². The van der Waals surface area contributed by atoms with Crippen molar-refractivity contribution in [3.63, 3.8) is 0 Å². The van der Waals surface area contributed by atoms with Crippen molar-refractivity contribution < 1.29 is 19.9 Å². The zero-order chi connectivity index (χ0) is 16.1. The molecule has 8 nitrogen and oxygen atoms in total. The number of phenols is 1. The molecule has 0 saturated heterocycles. The number of rotatable bonds is 5. The minimum Gasteiger partial charge on any atom is -0.507 e. The van der Waals surface area contributed by atoms with E-state index in [1.165, 1.54) is 36.5 Å². The maximum atomic E-state index is 10.8. The minimum atomic E-state index is -1.07. The number of benzene rings is 2. The minimum absolute atomic E-state index is 0.0957. The summed E-state index contributed by atoms with van der Waals surface area (Å²) in [6.07, 6.45) is 1.20. The number of hydrazone groups is 1. The number of anilines is 1. The molecule has 8 heteroatoms. The van der Waals surface area contributed by atoms with Crippen LogP contribution in [0.3, 0.4) is 0 Å². The molecule has 0 aromatic heterocycles. The quantitative estimate of drug-likeness (QED) is 0.442. The summed E-state index contributed by atoms with van der Waals surface area (Å²) in [6.45, 7) is 0. The molecule has 0 aliphatic rings. The second-order valence-electron chi connectivity index (χ2n) is 4.26. The fourth-order valence-corrected chi connectivity index (χ4v) is 1.66. The number of phenolic OH excluding ortho intramolecular Hbond substituents is 1. The Hall–Kier alpha value is -3.42. The van der Waals surface area contributed by atoms with Crippen molar-refractivity contribution in [2.24, 2.45) is 5.10 Å². The Kier molecular flexibility index (Phi) is 4.33. The number of nitro groups is 1. The Morgan fingerprint density at radius 2 is 2.05 bits per heavy atom. The van der Waals surface area contributed by atoms with Crippen LogP contribution in [0.2, 0.25) is 0 Å². The Morgan fingerprint density at radius 1 is 1.27 bits per heavy atom. The van der Waals surface area contributed by atoms with Gasteiger partial charge >= 0.3 is 5.97 Å². The van der Waals surface area contributed by atoms with Gasteiger partial charge in [-0.05, 0) is 24.3 Å². The van der Waals surface area contributed by atoms with E-state index in [2.05, 4.69) is 10.5 Å². The SMILES string of the molecule is O=C(O)c1cccc(N/N=C/c2cc([N+](=O)[O-])ccc2O)c1. The summed E-state index contributed by atoms with van der Waals surface area (Å²) < 4.78 is 0. The third kappa shape index (κ3) is 3.57. The van der Waals surface area contributed by atoms with Crippen LogP contribution < -0.4 is 5.43 Å². The average molecular weight is 301 g/mol. The van der Waals surface area contributed by atoms with Gasteiger partial charge in [-0.3, -0.25) is 15.5 Å². The van der Waals surface area contributed by atoms with Gasteiger partial charge in [-0.2, -0.15) is 5.10 Å². The number of nitrogens with one attached hydrogen (secondary N) is 1. The van der Waals surface area contributed by atoms with Gasteiger partial charge in [-0.1, -0.05) is 6.07 Å². The third-order valence-corrected chi connectivity index (χ3v) is 2.73. The van der Waals surface area contributed by atoms with Crippen molar-refractivity contribution in [2.45, 2.75) is 0 Å². The zero-order valence-electron chi connectivity index (χ0n) is 11.1. The Morgan fingerprint density at radius 3 is 2.73 bits per heavy atom. The molecule has 22 heavy (non-hydrogen) atoms. The molecule has 2 rings (SSSR count). The number of carboxylic acids is 1. The highest BCUT2D eigenvalue weighted by Gasteiger charge is 2.08. The van der Waals surface area contributed by atoms with E-state index < -0.39 is 10.9 Å². The summed E-state index contributed by atoms with van der Waals surface area (Å²) in [5.74, 6) is -1.22. The number of nitrogens with zero attached hydrogens (tertiary/aromatic N) is 2. The van der Waals surface area contributed by atoms with Gasteiger partial charge in [-0.15, -0.1) is 0 Å². The molecule has 0 aliphatic heterocycles. The lowest BCUT2D eigenvalue weighted by molar-refractivity contribution is -0.384. The van der Waals surface area contributed by atoms with Gasteiger partial charge in [0.25, 0.3) is 5.69 Å². The van der Waals surface area contributed by atoms with Gasteiger partial charge in [0, 0.05) is 17.7 Å². The van der Waals surface area contributed by atoms with E-state index in [0.717, 1.165) is 0 Å². The third-order valence-electron chi connectivity index (χ3n) is 2.73. The lowest BCUT2D eigenvalue weighted by atomic mass is 10.2. The first kappa shape index (κ1) is 15.0. The smallest absolute Gasteiger partial charge is 0.335 e. The largest absolute Gasteiger partial charge is 0.507 e. The summed E-state index contributed by atoms with van der Waals surface area (Å²) in [5.41, 5.74) is 3.11. The maximum absolute atomic E-state index is 10.8. The van der Waals surface area contributed by atoms with Crippen molar-refractivity contribution in [3.05, 3.63) is 63.7 Å². The van der Waals surface area contributed by atoms with Crippen LogP contribution in [0.5, 0.6) is 5.75 Å². The van der Waals surface area contributed by atoms with E-state index in [0.29, 0.717) is 5.69 Å². The molecule has 0 spiro atoms. The number of hydrogen-bond donors (Lipinski definition) is 3. The Bertz CT molecular complexity index is 758. The molecule has 112 valence electrons. The van der Waals surface area contributed by atoms with Gasteiger partial charge in [0.15, 0.2) is 0 Å². The molecule has 0 saturated carbocycles. The van der Waals surface area contributed by atoms with Crippen molar-refractivity contribution in [1.82, 2.24) is 0 Å². The number of aromatic carboxylic acids is 1. The number of carboxylic acid groups (broad SMARTS) is 1. The highest BCUT2D eigenvalue weighted by Crippen LogP contribution is 2.21. The molecule has 0 bridgehead atoms. The van der Waals surface area contributed by atoms with Gasteiger partial charge in [0.2, 0.25) is 0 Å². The Labute approximate surface area is 124 Å². The van der Waals surface area contributed by atoms with Crippen LogP contribution in [0.4, 0.5) is 11.4 Å². The first-order valence-corrected chi connectivity index (χ1v) is 6.07. The highest BCUT2D eigenvalue weighted by molar-refractivity contribution is 5.89. The molecule has 3 N–H and O–H groups in total. The number of hydrogen-bond acceptors (Lipinski definition) is 6. The molecule has 0 amide bonds. The number of carbonyl (C=O) groups is 1. The number of nitro benzene ring substituents is 1. The lowest BCUT2D eigenvalue weighted by Gasteiger charge is -2.02. The topological polar surface area (TPSA) is 125 Å². The molecule has 0 unspecified atom stereocenters. The summed E-state index contributed by atoms with van der Waals surface area (Å²) in [5, 5.41) is 33.0. The summed E-state index contributed by atoms with van der Waals surface area (Å²) in [4.78, 5) is 20.9. The predicted molar refractivity (Wildman–Crippen MR) is 79.4 cm³/mol. The summed E-state index contributed by atoms with van der Waals surface area (Å²) >= 11 is 0. The first-order chi connectivity index (χ1) is 10.5. The second kappa shape index (κ2) is 6.35. The normalized spacial score (nSPS) is 10.5. The molecule has 2 aromatic carbocycles. The van der Waals surface area contributed by atoms with Crippen molar-refractivity contribution in [3.8, 4) is 5.75 Å². The zero-order valence-corrected chi connectivity index (χ0v) is 11.1. The fourth-order valence-electron chi connectivity index (χ4n) is 1.66. The Balaban J connectivity index is 2.16. The van der Waals surface area contributed by atoms with E-state index in [9.17, 15) is 20.0 Å². The first-order valence-electron chi connectivity index (χ1n) is 6.07. The van der Waals surface area contributed by atoms with E-state index >= 15 is 0 Å².